The third-order valence-electron chi connectivity index (χ3n) is 5.85. The number of carbonyl (C=O) groups is 2. The average molecular weight is 563 g/mol. The molecular weight excluding hydrogens is 535 g/mol. The molecule has 1 atom stereocenters. The van der Waals surface area contributed by atoms with Crippen LogP contribution in [0.5, 0.6) is 0 Å². The van der Waals surface area contributed by atoms with Crippen LogP contribution in [0.2, 0.25) is 0 Å². The number of aryl methyl sites for hydroxylation is 1. The lowest BCUT2D eigenvalue weighted by atomic mass is 10.1. The predicted octanol–water partition coefficient (Wildman–Crippen LogP) is 5.26. The van der Waals surface area contributed by atoms with Gasteiger partial charge in [-0.1, -0.05) is 26.4 Å². The van der Waals surface area contributed by atoms with Gasteiger partial charge in [-0.05, 0) is 62.2 Å². The lowest BCUT2D eigenvalue weighted by molar-refractivity contribution is -0.116. The molecule has 0 aliphatic rings. The van der Waals surface area contributed by atoms with E-state index < -0.39 is 44.1 Å². The highest BCUT2D eigenvalue weighted by Crippen LogP contribution is 3.02. The van der Waals surface area contributed by atoms with E-state index in [2.05, 4.69) is 10.6 Å². The van der Waals surface area contributed by atoms with Crippen LogP contribution in [0.3, 0.4) is 0 Å². The van der Waals surface area contributed by atoms with Crippen molar-refractivity contribution in [1.82, 2.24) is 14.5 Å². The summed E-state index contributed by atoms with van der Waals surface area (Å²) in [6, 6.07) is 6.25. The first-order valence-electron chi connectivity index (χ1n) is 11.6. The molecule has 2 N–H and O–H groups in total. The highest BCUT2D eigenvalue weighted by molar-refractivity contribution is 8.45. The smallest absolute Gasteiger partial charge is 0.331 e. The first-order valence-corrected chi connectivity index (χ1v) is 13.6. The number of halogens is 5. The van der Waals surface area contributed by atoms with E-state index in [4.69, 9.17) is 0 Å². The van der Waals surface area contributed by atoms with Crippen LogP contribution in [0.1, 0.15) is 37.6 Å². The number of aromatic nitrogens is 2. The van der Waals surface area contributed by atoms with E-state index in [9.17, 15) is 38.6 Å². The molecule has 0 saturated carbocycles. The molecule has 0 radical (unpaired) electrons. The number of carbonyl (C=O) groups excluding carboxylic acids is 2. The van der Waals surface area contributed by atoms with E-state index in [-0.39, 0.29) is 42.6 Å². The molecule has 1 aromatic heterocycles. The van der Waals surface area contributed by atoms with Gasteiger partial charge in [-0.15, -0.1) is 0 Å². The number of amides is 2. The summed E-state index contributed by atoms with van der Waals surface area (Å²) in [4.78, 5) is 47.8. The quantitative estimate of drug-likeness (QED) is 0.348. The van der Waals surface area contributed by atoms with Gasteiger partial charge in [0, 0.05) is 37.3 Å². The first-order chi connectivity index (χ1) is 17.4. The topological polar surface area (TPSA) is 102 Å². The van der Waals surface area contributed by atoms with Crippen molar-refractivity contribution in [2.75, 3.05) is 11.9 Å². The largest absolute Gasteiger partial charge is 0.352 e. The lowest BCUT2D eigenvalue weighted by Crippen LogP contribution is -2.39. The van der Waals surface area contributed by atoms with Gasteiger partial charge in [0.05, 0.1) is 10.9 Å². The second kappa shape index (κ2) is 9.57. The normalized spacial score (nSPS) is 14.4. The zero-order valence-electron chi connectivity index (χ0n) is 20.8. The Hall–Kier alpha value is -3.68. The average Bonchev–Trinajstić information content (AvgIpc) is 2.82. The van der Waals surface area contributed by atoms with Crippen LogP contribution in [0.15, 0.2) is 56.9 Å². The Labute approximate surface area is 214 Å². The van der Waals surface area contributed by atoms with Gasteiger partial charge in [-0.3, -0.25) is 23.5 Å². The zero-order valence-corrected chi connectivity index (χ0v) is 21.6. The fraction of sp³-hybridized carbons (Fsp3) is 0.333. The summed E-state index contributed by atoms with van der Waals surface area (Å²) in [6.45, 7) is 5.63. The van der Waals surface area contributed by atoms with Crippen LogP contribution in [0.4, 0.5) is 25.1 Å². The van der Waals surface area contributed by atoms with Gasteiger partial charge < -0.3 is 10.6 Å². The maximum Gasteiger partial charge on any atom is 0.331 e. The minimum absolute atomic E-state index is 0.0166. The second-order valence-corrected chi connectivity index (χ2v) is 11.3. The van der Waals surface area contributed by atoms with E-state index in [1.807, 2.05) is 0 Å². The highest BCUT2D eigenvalue weighted by Gasteiger charge is 2.65. The summed E-state index contributed by atoms with van der Waals surface area (Å²) >= 11 is 0. The van der Waals surface area contributed by atoms with E-state index in [1.165, 1.54) is 10.6 Å². The summed E-state index contributed by atoms with van der Waals surface area (Å²) < 4.78 is 66.7. The standard InChI is InChI=1S/C24H27F5N4O4S/c1-4-32-20-11-8-17(13-19(20)23(36)33(5-2)24(32)37)31-21(34)12-15(3)14-30-22(35)16-6-9-18(10-7-16)38(25,26,27,28)29/h6-11,13,15H,4-5,12,14H2,1-3H3,(H,30,35)(H,31,34). The number of nitrogens with zero attached hydrogens (tertiary/aromatic N) is 2. The molecule has 0 fully saturated rings. The fourth-order valence-electron chi connectivity index (χ4n) is 3.92. The van der Waals surface area contributed by atoms with Crippen molar-refractivity contribution in [1.29, 1.82) is 0 Å². The number of nitrogens with one attached hydrogen (secondary N) is 2. The Balaban J connectivity index is 1.63. The lowest BCUT2D eigenvalue weighted by Gasteiger charge is -2.40. The predicted molar refractivity (Wildman–Crippen MR) is 136 cm³/mol. The van der Waals surface area contributed by atoms with Crippen molar-refractivity contribution in [3.8, 4) is 0 Å². The van der Waals surface area contributed by atoms with Crippen LogP contribution < -0.4 is 21.9 Å². The van der Waals surface area contributed by atoms with Crippen LogP contribution in [0, 0.1) is 5.92 Å². The molecule has 8 nitrogen and oxygen atoms in total. The number of anilines is 1. The van der Waals surface area contributed by atoms with Gasteiger partial charge in [0.15, 0.2) is 0 Å². The van der Waals surface area contributed by atoms with Crippen molar-refractivity contribution in [2.24, 2.45) is 5.92 Å². The molecule has 0 aliphatic carbocycles. The highest BCUT2D eigenvalue weighted by atomic mass is 32.5. The summed E-state index contributed by atoms with van der Waals surface area (Å²) in [5.41, 5.74) is -0.362. The van der Waals surface area contributed by atoms with Crippen LogP contribution in [0.25, 0.3) is 10.9 Å². The second-order valence-electron chi connectivity index (χ2n) is 8.87. The van der Waals surface area contributed by atoms with Gasteiger partial charge in [-0.25, -0.2) is 4.79 Å². The molecule has 0 aliphatic heterocycles. The molecule has 2 aromatic carbocycles. The molecule has 0 bridgehead atoms. The number of hydrogen-bond donors (Lipinski definition) is 2. The maximum absolute atomic E-state index is 12.8. The molecule has 38 heavy (non-hydrogen) atoms. The van der Waals surface area contributed by atoms with E-state index in [0.29, 0.717) is 29.9 Å². The van der Waals surface area contributed by atoms with E-state index in [0.717, 1.165) is 4.57 Å². The number of benzene rings is 2. The molecular formula is C24H27F5N4O4S. The zero-order chi connectivity index (χ0) is 28.5. The van der Waals surface area contributed by atoms with Crippen LogP contribution in [-0.2, 0) is 17.9 Å². The molecule has 14 heteroatoms. The summed E-state index contributed by atoms with van der Waals surface area (Å²) in [7, 11) is -9.83. The number of hydrogen-bond acceptors (Lipinski definition) is 4. The van der Waals surface area contributed by atoms with Crippen molar-refractivity contribution in [2.45, 2.75) is 45.2 Å². The number of rotatable bonds is 9. The van der Waals surface area contributed by atoms with Gasteiger partial charge >= 0.3 is 15.9 Å². The van der Waals surface area contributed by atoms with Crippen molar-refractivity contribution < 1.29 is 29.0 Å². The Morgan fingerprint density at radius 2 is 1.53 bits per heavy atom. The van der Waals surface area contributed by atoms with Crippen molar-refractivity contribution >= 4 is 38.6 Å². The van der Waals surface area contributed by atoms with Gasteiger partial charge in [0.2, 0.25) is 5.91 Å². The fourth-order valence-corrected chi connectivity index (χ4v) is 4.57. The molecule has 2 amide bonds. The third-order valence-corrected chi connectivity index (χ3v) is 7.01. The minimum Gasteiger partial charge on any atom is -0.352 e. The summed E-state index contributed by atoms with van der Waals surface area (Å²) in [6.07, 6.45) is -0.0465. The van der Waals surface area contributed by atoms with Gasteiger partial charge in [0.25, 0.3) is 11.5 Å². The maximum atomic E-state index is 12.8. The number of fused-ring (bicyclic) bond motifs is 1. The van der Waals surface area contributed by atoms with Gasteiger partial charge in [-0.2, -0.15) is 0 Å². The molecule has 3 aromatic rings. The molecule has 208 valence electrons. The van der Waals surface area contributed by atoms with Gasteiger partial charge in [0.1, 0.15) is 4.90 Å². The molecule has 0 spiro atoms. The molecule has 1 unspecified atom stereocenters. The van der Waals surface area contributed by atoms with Crippen LogP contribution in [-0.4, -0.2) is 27.5 Å². The minimum atomic E-state index is -9.83. The Bertz CT molecular complexity index is 1520. The molecule has 3 rings (SSSR count). The van der Waals surface area contributed by atoms with Crippen LogP contribution >= 0.6 is 10.2 Å². The van der Waals surface area contributed by atoms with Crippen molar-refractivity contribution in [3.63, 3.8) is 0 Å². The third kappa shape index (κ3) is 6.41. The van der Waals surface area contributed by atoms with E-state index in [1.54, 1.807) is 32.9 Å². The monoisotopic (exact) mass is 562 g/mol. The van der Waals surface area contributed by atoms with E-state index >= 15 is 0 Å². The van der Waals surface area contributed by atoms with Crippen molar-refractivity contribution in [3.05, 3.63) is 68.9 Å². The molecule has 0 saturated heterocycles. The Morgan fingerprint density at radius 1 is 0.921 bits per heavy atom. The first kappa shape index (κ1) is 28.9. The summed E-state index contributed by atoms with van der Waals surface area (Å²) in [5.74, 6) is -1.61. The Morgan fingerprint density at radius 3 is 2.08 bits per heavy atom. The summed E-state index contributed by atoms with van der Waals surface area (Å²) in [5, 5.41) is 5.39. The molecule has 1 heterocycles. The SMILES string of the molecule is CCn1c(=O)c2cc(NC(=O)CC(C)CNC(=O)c3ccc(S(F)(F)(F)(F)F)cc3)ccc2n(CC)c1=O. The Kier molecular flexibility index (Phi) is 7.27.